The molecule has 1 aromatic carbocycles. The predicted molar refractivity (Wildman–Crippen MR) is 76.9 cm³/mol. The van der Waals surface area contributed by atoms with Gasteiger partial charge in [0.05, 0.1) is 19.0 Å². The molecule has 1 aromatic heterocycles. The van der Waals surface area contributed by atoms with Crippen LogP contribution in [-0.2, 0) is 13.1 Å². The molecule has 0 aliphatic carbocycles. The standard InChI is InChI=1S/C14H14N4S/c1-2-10-17-13(12-7-4-3-5-8-12)16-18(14(17)19)11-6-9-15/h2-5,7-8H,1,6,10-11H2. The minimum atomic E-state index is 0.396. The molecule has 2 rings (SSSR count). The molecule has 0 saturated heterocycles. The van der Waals surface area contributed by atoms with Gasteiger partial charge in [0.15, 0.2) is 10.6 Å². The zero-order chi connectivity index (χ0) is 13.7. The van der Waals surface area contributed by atoms with Crippen LogP contribution in [0.15, 0.2) is 43.0 Å². The molecular formula is C14H14N4S. The first-order valence-electron chi connectivity index (χ1n) is 5.99. The maximum Gasteiger partial charge on any atom is 0.198 e. The first-order chi connectivity index (χ1) is 9.27. The van der Waals surface area contributed by atoms with Gasteiger partial charge >= 0.3 is 0 Å². The van der Waals surface area contributed by atoms with Crippen molar-refractivity contribution in [3.63, 3.8) is 0 Å². The van der Waals surface area contributed by atoms with Crippen molar-refractivity contribution in [2.45, 2.75) is 19.5 Å². The zero-order valence-corrected chi connectivity index (χ0v) is 11.3. The van der Waals surface area contributed by atoms with E-state index in [9.17, 15) is 0 Å². The number of benzene rings is 1. The van der Waals surface area contributed by atoms with E-state index in [2.05, 4.69) is 17.7 Å². The second-order valence-electron chi connectivity index (χ2n) is 4.00. The van der Waals surface area contributed by atoms with Crippen molar-refractivity contribution in [3.05, 3.63) is 47.8 Å². The Labute approximate surface area is 117 Å². The summed E-state index contributed by atoms with van der Waals surface area (Å²) in [6.07, 6.45) is 2.19. The molecule has 0 aliphatic rings. The fraction of sp³-hybridized carbons (Fsp3) is 0.214. The first kappa shape index (κ1) is 13.2. The molecule has 4 nitrogen and oxygen atoms in total. The maximum absolute atomic E-state index is 8.67. The van der Waals surface area contributed by atoms with Crippen molar-refractivity contribution in [1.82, 2.24) is 14.3 Å². The van der Waals surface area contributed by atoms with Crippen LogP contribution in [0.1, 0.15) is 6.42 Å². The first-order valence-corrected chi connectivity index (χ1v) is 6.39. The van der Waals surface area contributed by atoms with Crippen LogP contribution in [0.25, 0.3) is 11.4 Å². The maximum atomic E-state index is 8.67. The third-order valence-electron chi connectivity index (χ3n) is 2.70. The van der Waals surface area contributed by atoms with Crippen LogP contribution in [0.3, 0.4) is 0 Å². The lowest BCUT2D eigenvalue weighted by molar-refractivity contribution is 0.609. The van der Waals surface area contributed by atoms with Gasteiger partial charge in [0, 0.05) is 12.1 Å². The fourth-order valence-electron chi connectivity index (χ4n) is 1.84. The van der Waals surface area contributed by atoms with Crippen molar-refractivity contribution in [2.24, 2.45) is 0 Å². The molecule has 0 unspecified atom stereocenters. The van der Waals surface area contributed by atoms with Crippen molar-refractivity contribution < 1.29 is 0 Å². The Kier molecular flexibility index (Phi) is 4.26. The highest BCUT2D eigenvalue weighted by Gasteiger charge is 2.11. The van der Waals surface area contributed by atoms with Crippen LogP contribution in [0.5, 0.6) is 0 Å². The molecule has 0 radical (unpaired) electrons. The van der Waals surface area contributed by atoms with Crippen LogP contribution in [-0.4, -0.2) is 14.3 Å². The number of hydrogen-bond acceptors (Lipinski definition) is 3. The van der Waals surface area contributed by atoms with E-state index in [1.807, 2.05) is 34.9 Å². The van der Waals surface area contributed by atoms with Crippen molar-refractivity contribution in [3.8, 4) is 17.5 Å². The van der Waals surface area contributed by atoms with Crippen LogP contribution < -0.4 is 0 Å². The predicted octanol–water partition coefficient (Wildman–Crippen LogP) is 3.18. The molecule has 5 heteroatoms. The molecule has 0 atom stereocenters. The van der Waals surface area contributed by atoms with E-state index in [0.29, 0.717) is 24.3 Å². The summed E-state index contributed by atoms with van der Waals surface area (Å²) in [5.74, 6) is 0.809. The van der Waals surface area contributed by atoms with E-state index in [1.54, 1.807) is 10.8 Å². The second kappa shape index (κ2) is 6.12. The highest BCUT2D eigenvalue weighted by Crippen LogP contribution is 2.18. The molecule has 19 heavy (non-hydrogen) atoms. The lowest BCUT2D eigenvalue weighted by atomic mass is 10.2. The molecule has 2 aromatic rings. The minimum absolute atomic E-state index is 0.396. The molecule has 0 N–H and O–H groups in total. The molecule has 0 aliphatic heterocycles. The summed E-state index contributed by atoms with van der Waals surface area (Å²) in [6, 6.07) is 12.0. The quantitative estimate of drug-likeness (QED) is 0.619. The third-order valence-corrected chi connectivity index (χ3v) is 3.13. The third kappa shape index (κ3) is 2.80. The van der Waals surface area contributed by atoms with E-state index in [0.717, 1.165) is 11.4 Å². The Hall–Kier alpha value is -2.19. The van der Waals surface area contributed by atoms with Gasteiger partial charge in [-0.2, -0.15) is 10.4 Å². The number of allylic oxidation sites excluding steroid dienone is 1. The molecule has 0 bridgehead atoms. The Morgan fingerprint density at radius 2 is 2.11 bits per heavy atom. The Morgan fingerprint density at radius 3 is 2.74 bits per heavy atom. The van der Waals surface area contributed by atoms with E-state index >= 15 is 0 Å². The topological polar surface area (TPSA) is 46.5 Å². The number of aromatic nitrogens is 3. The normalized spacial score (nSPS) is 10.1. The minimum Gasteiger partial charge on any atom is -0.296 e. The van der Waals surface area contributed by atoms with E-state index < -0.39 is 0 Å². The van der Waals surface area contributed by atoms with Gasteiger partial charge < -0.3 is 0 Å². The Balaban J connectivity index is 2.51. The molecule has 1 heterocycles. The lowest BCUT2D eigenvalue weighted by Crippen LogP contribution is -2.01. The van der Waals surface area contributed by atoms with E-state index in [1.165, 1.54) is 0 Å². The number of hydrogen-bond donors (Lipinski definition) is 0. The lowest BCUT2D eigenvalue weighted by Gasteiger charge is -2.02. The summed E-state index contributed by atoms with van der Waals surface area (Å²) in [5.41, 5.74) is 1.01. The monoisotopic (exact) mass is 270 g/mol. The Bertz CT molecular complexity index is 661. The smallest absolute Gasteiger partial charge is 0.198 e. The van der Waals surface area contributed by atoms with Gasteiger partial charge in [0.2, 0.25) is 0 Å². The number of nitrogens with zero attached hydrogens (tertiary/aromatic N) is 4. The number of aryl methyl sites for hydroxylation is 1. The summed E-state index contributed by atoms with van der Waals surface area (Å²) in [6.45, 7) is 4.87. The molecule has 96 valence electrons. The van der Waals surface area contributed by atoms with Crippen molar-refractivity contribution >= 4 is 12.2 Å². The summed E-state index contributed by atoms with van der Waals surface area (Å²) in [7, 11) is 0. The van der Waals surface area contributed by atoms with Gasteiger partial charge in [0.25, 0.3) is 0 Å². The van der Waals surface area contributed by atoms with Crippen LogP contribution in [0, 0.1) is 16.1 Å². The number of rotatable bonds is 5. The summed E-state index contributed by atoms with van der Waals surface area (Å²) < 4.78 is 4.24. The van der Waals surface area contributed by atoms with Crippen LogP contribution >= 0.6 is 12.2 Å². The van der Waals surface area contributed by atoms with Gasteiger partial charge in [-0.1, -0.05) is 36.4 Å². The SMILES string of the molecule is C=CCn1c(-c2ccccc2)nn(CCC#N)c1=S. The average molecular weight is 270 g/mol. The van der Waals surface area contributed by atoms with Gasteiger partial charge in [-0.3, -0.25) is 4.57 Å². The van der Waals surface area contributed by atoms with Crippen LogP contribution in [0.2, 0.25) is 0 Å². The molecule has 0 amide bonds. The molecule has 0 fully saturated rings. The summed E-state index contributed by atoms with van der Waals surface area (Å²) in [4.78, 5) is 0. The average Bonchev–Trinajstić information content (AvgIpc) is 2.75. The molecular weight excluding hydrogens is 256 g/mol. The number of nitriles is 1. The van der Waals surface area contributed by atoms with Gasteiger partial charge in [0.1, 0.15) is 0 Å². The largest absolute Gasteiger partial charge is 0.296 e. The second-order valence-corrected chi connectivity index (χ2v) is 4.37. The fourth-order valence-corrected chi connectivity index (χ4v) is 2.13. The van der Waals surface area contributed by atoms with E-state index in [4.69, 9.17) is 17.5 Å². The zero-order valence-electron chi connectivity index (χ0n) is 10.5. The molecule has 0 saturated carbocycles. The summed E-state index contributed by atoms with van der Waals surface area (Å²) in [5, 5.41) is 13.2. The highest BCUT2D eigenvalue weighted by molar-refractivity contribution is 7.71. The van der Waals surface area contributed by atoms with Gasteiger partial charge in [-0.15, -0.1) is 6.58 Å². The Morgan fingerprint density at radius 1 is 1.37 bits per heavy atom. The van der Waals surface area contributed by atoms with E-state index in [-0.39, 0.29) is 0 Å². The highest BCUT2D eigenvalue weighted by atomic mass is 32.1. The van der Waals surface area contributed by atoms with Crippen LogP contribution in [0.4, 0.5) is 0 Å². The van der Waals surface area contributed by atoms with Crippen molar-refractivity contribution in [2.75, 3.05) is 0 Å². The van der Waals surface area contributed by atoms with Gasteiger partial charge in [-0.25, -0.2) is 4.68 Å². The molecule has 0 spiro atoms. The van der Waals surface area contributed by atoms with Crippen molar-refractivity contribution in [1.29, 1.82) is 5.26 Å². The van der Waals surface area contributed by atoms with Gasteiger partial charge in [-0.05, 0) is 12.2 Å². The summed E-state index contributed by atoms with van der Waals surface area (Å²) >= 11 is 5.40.